The third-order valence-corrected chi connectivity index (χ3v) is 2.07. The molecule has 4 nitrogen and oxygen atoms in total. The number of esters is 1. The summed E-state index contributed by atoms with van der Waals surface area (Å²) in [6.45, 7) is 2.74. The van der Waals surface area contributed by atoms with E-state index in [1.807, 2.05) is 0 Å². The number of halogens is 3. The van der Waals surface area contributed by atoms with Crippen LogP contribution in [0, 0.1) is 5.92 Å². The Balaban J connectivity index is 5.12. The summed E-state index contributed by atoms with van der Waals surface area (Å²) in [7, 11) is 0.707. The maximum atomic E-state index is 12.5. The molecule has 1 N–H and O–H groups in total. The summed E-state index contributed by atoms with van der Waals surface area (Å²) in [5.41, 5.74) is -3.76. The fourth-order valence-electron chi connectivity index (χ4n) is 0.913. The fraction of sp³-hybridized carbons (Fsp3) is 0.778. The molecule has 1 unspecified atom stereocenters. The van der Waals surface area contributed by atoms with Crippen LogP contribution in [0.25, 0.3) is 0 Å². The van der Waals surface area contributed by atoms with Gasteiger partial charge >= 0.3 is 12.1 Å². The number of ether oxygens (including phenoxy) is 1. The second kappa shape index (κ2) is 4.82. The zero-order valence-corrected chi connectivity index (χ0v) is 9.09. The normalized spacial score (nSPS) is 15.8. The molecule has 0 aliphatic heterocycles. The first-order valence-corrected chi connectivity index (χ1v) is 4.46. The number of Topliss-reactive ketones (excluding diaryl/α,β-unsaturated/α-hetero) is 1. The number of carbonyl (C=O) groups is 2. The molecule has 0 aromatic heterocycles. The summed E-state index contributed by atoms with van der Waals surface area (Å²) in [5, 5.41) is 9.22. The minimum absolute atomic E-state index is 0.707. The molecular formula is C9H13F3O4. The van der Waals surface area contributed by atoms with Gasteiger partial charge < -0.3 is 9.84 Å². The third kappa shape index (κ3) is 2.94. The predicted octanol–water partition coefficient (Wildman–Crippen LogP) is 1.07. The first kappa shape index (κ1) is 14.9. The van der Waals surface area contributed by atoms with Gasteiger partial charge in [0.05, 0.1) is 13.5 Å². The largest absolute Gasteiger partial charge is 0.467 e. The predicted molar refractivity (Wildman–Crippen MR) is 47.5 cm³/mol. The van der Waals surface area contributed by atoms with Gasteiger partial charge in [-0.25, -0.2) is 4.79 Å². The van der Waals surface area contributed by atoms with Crippen LogP contribution in [-0.2, 0) is 14.3 Å². The number of aliphatic hydroxyl groups is 1. The van der Waals surface area contributed by atoms with E-state index in [4.69, 9.17) is 0 Å². The van der Waals surface area contributed by atoms with Gasteiger partial charge in [-0.15, -0.1) is 0 Å². The molecule has 0 fully saturated rings. The average Bonchev–Trinajstić information content (AvgIpc) is 2.14. The van der Waals surface area contributed by atoms with Gasteiger partial charge in [-0.05, 0) is 0 Å². The van der Waals surface area contributed by atoms with Crippen LogP contribution in [0.15, 0.2) is 0 Å². The highest BCUT2D eigenvalue weighted by molar-refractivity contribution is 5.90. The minimum atomic E-state index is -5.25. The van der Waals surface area contributed by atoms with E-state index in [-0.39, 0.29) is 0 Å². The Morgan fingerprint density at radius 2 is 1.75 bits per heavy atom. The lowest BCUT2D eigenvalue weighted by molar-refractivity contribution is -0.262. The first-order valence-electron chi connectivity index (χ1n) is 4.46. The summed E-state index contributed by atoms with van der Waals surface area (Å²) in [5.74, 6) is -3.46. The minimum Gasteiger partial charge on any atom is -0.467 e. The molecule has 0 saturated heterocycles. The third-order valence-electron chi connectivity index (χ3n) is 2.07. The molecule has 0 aliphatic carbocycles. The molecule has 0 aromatic rings. The molecule has 0 bridgehead atoms. The van der Waals surface area contributed by atoms with E-state index in [2.05, 4.69) is 4.74 Å². The van der Waals surface area contributed by atoms with Crippen LogP contribution in [0.4, 0.5) is 13.2 Å². The van der Waals surface area contributed by atoms with Gasteiger partial charge in [0.2, 0.25) is 0 Å². The Bertz CT molecular complexity index is 285. The summed E-state index contributed by atoms with van der Waals surface area (Å²) < 4.78 is 41.2. The summed E-state index contributed by atoms with van der Waals surface area (Å²) in [6, 6.07) is 0. The Morgan fingerprint density at radius 3 is 2.00 bits per heavy atom. The second-order valence-corrected chi connectivity index (χ2v) is 3.65. The molecule has 0 amide bonds. The maximum Gasteiger partial charge on any atom is 0.428 e. The number of hydrogen-bond acceptors (Lipinski definition) is 4. The molecule has 1 atom stereocenters. The molecule has 0 heterocycles. The quantitative estimate of drug-likeness (QED) is 0.749. The number of ketones is 1. The van der Waals surface area contributed by atoms with E-state index in [9.17, 15) is 27.9 Å². The van der Waals surface area contributed by atoms with Crippen molar-refractivity contribution in [3.63, 3.8) is 0 Å². The zero-order valence-electron chi connectivity index (χ0n) is 9.09. The van der Waals surface area contributed by atoms with Crippen molar-refractivity contribution in [1.29, 1.82) is 0 Å². The Hall–Kier alpha value is -1.11. The van der Waals surface area contributed by atoms with Crippen LogP contribution in [-0.4, -0.2) is 35.7 Å². The molecule has 7 heteroatoms. The smallest absolute Gasteiger partial charge is 0.428 e. The van der Waals surface area contributed by atoms with Crippen LogP contribution in [0.3, 0.4) is 0 Å². The Kier molecular flexibility index (Phi) is 4.48. The number of alkyl halides is 3. The van der Waals surface area contributed by atoms with Crippen molar-refractivity contribution in [2.75, 3.05) is 7.11 Å². The van der Waals surface area contributed by atoms with Crippen molar-refractivity contribution in [2.24, 2.45) is 5.92 Å². The van der Waals surface area contributed by atoms with E-state index < -0.39 is 35.9 Å². The highest BCUT2D eigenvalue weighted by atomic mass is 19.4. The van der Waals surface area contributed by atoms with Gasteiger partial charge in [0.25, 0.3) is 5.60 Å². The van der Waals surface area contributed by atoms with Crippen molar-refractivity contribution < 1.29 is 32.6 Å². The van der Waals surface area contributed by atoms with Crippen LogP contribution in [0.2, 0.25) is 0 Å². The lowest BCUT2D eigenvalue weighted by Gasteiger charge is -2.27. The molecule has 0 radical (unpaired) electrons. The number of hydrogen-bond donors (Lipinski definition) is 1. The van der Waals surface area contributed by atoms with E-state index >= 15 is 0 Å². The second-order valence-electron chi connectivity index (χ2n) is 3.65. The fourth-order valence-corrected chi connectivity index (χ4v) is 0.913. The van der Waals surface area contributed by atoms with Crippen molar-refractivity contribution in [2.45, 2.75) is 32.0 Å². The Labute approximate surface area is 90.4 Å². The van der Waals surface area contributed by atoms with Gasteiger partial charge in [-0.3, -0.25) is 4.79 Å². The average molecular weight is 242 g/mol. The van der Waals surface area contributed by atoms with Crippen molar-refractivity contribution in [3.05, 3.63) is 0 Å². The van der Waals surface area contributed by atoms with Crippen LogP contribution >= 0.6 is 0 Å². The van der Waals surface area contributed by atoms with Crippen molar-refractivity contribution in [3.8, 4) is 0 Å². The lowest BCUT2D eigenvalue weighted by atomic mass is 9.92. The SMILES string of the molecule is COC(=O)C(O)(CC(=O)C(C)C)C(F)(F)F. The van der Waals surface area contributed by atoms with Crippen LogP contribution in [0.5, 0.6) is 0 Å². The molecule has 0 spiro atoms. The van der Waals surface area contributed by atoms with E-state index in [1.54, 1.807) is 0 Å². The molecule has 16 heavy (non-hydrogen) atoms. The van der Waals surface area contributed by atoms with E-state index in [0.717, 1.165) is 0 Å². The van der Waals surface area contributed by atoms with Gasteiger partial charge in [0.15, 0.2) is 0 Å². The topological polar surface area (TPSA) is 63.6 Å². The molecule has 0 aliphatic rings. The molecular weight excluding hydrogens is 229 g/mol. The lowest BCUT2D eigenvalue weighted by Crippen LogP contribution is -2.54. The van der Waals surface area contributed by atoms with Crippen molar-refractivity contribution in [1.82, 2.24) is 0 Å². The molecule has 94 valence electrons. The maximum absolute atomic E-state index is 12.5. The highest BCUT2D eigenvalue weighted by Gasteiger charge is 2.61. The van der Waals surface area contributed by atoms with Gasteiger partial charge in [-0.2, -0.15) is 13.2 Å². The van der Waals surface area contributed by atoms with Gasteiger partial charge in [0.1, 0.15) is 5.78 Å². The van der Waals surface area contributed by atoms with E-state index in [1.165, 1.54) is 13.8 Å². The van der Waals surface area contributed by atoms with E-state index in [0.29, 0.717) is 7.11 Å². The van der Waals surface area contributed by atoms with Crippen molar-refractivity contribution >= 4 is 11.8 Å². The molecule has 0 rings (SSSR count). The summed E-state index contributed by atoms with van der Waals surface area (Å²) >= 11 is 0. The molecule has 0 saturated carbocycles. The standard InChI is InChI=1S/C9H13F3O4/c1-5(2)6(13)4-8(15,7(14)16-3)9(10,11)12/h5,15H,4H2,1-3H3. The number of methoxy groups -OCH3 is 1. The van der Waals surface area contributed by atoms with Crippen LogP contribution in [0.1, 0.15) is 20.3 Å². The summed E-state index contributed by atoms with van der Waals surface area (Å²) in [6.07, 6.45) is -6.58. The monoisotopic (exact) mass is 242 g/mol. The number of rotatable bonds is 4. The van der Waals surface area contributed by atoms with Crippen LogP contribution < -0.4 is 0 Å². The highest BCUT2D eigenvalue weighted by Crippen LogP contribution is 2.35. The summed E-state index contributed by atoms with van der Waals surface area (Å²) in [4.78, 5) is 22.1. The van der Waals surface area contributed by atoms with Gasteiger partial charge in [0, 0.05) is 5.92 Å². The van der Waals surface area contributed by atoms with Gasteiger partial charge in [-0.1, -0.05) is 13.8 Å². The number of carbonyl (C=O) groups excluding carboxylic acids is 2. The molecule has 0 aromatic carbocycles. The Morgan fingerprint density at radius 1 is 1.31 bits per heavy atom. The zero-order chi connectivity index (χ0) is 13.1. The first-order chi connectivity index (χ1) is 7.06.